The van der Waals surface area contributed by atoms with Gasteiger partial charge in [0.1, 0.15) is 4.90 Å². The van der Waals surface area contributed by atoms with E-state index < -0.39 is 22.0 Å². The van der Waals surface area contributed by atoms with E-state index in [0.717, 1.165) is 29.5 Å². The number of hydrogen-bond acceptors (Lipinski definition) is 4. The SMILES string of the molecule is O=C1c2ccccc2S(=O)(=O)N1C(CCN1CCCCCC1)c1ccccc1. The summed E-state index contributed by atoms with van der Waals surface area (Å²) in [6.45, 7) is 2.88. The minimum absolute atomic E-state index is 0.121. The molecule has 2 aliphatic rings. The summed E-state index contributed by atoms with van der Waals surface area (Å²) in [5.74, 6) is -0.416. The lowest BCUT2D eigenvalue weighted by atomic mass is 10.0. The van der Waals surface area contributed by atoms with E-state index in [1.54, 1.807) is 18.2 Å². The molecule has 2 aromatic rings. The molecule has 0 radical (unpaired) electrons. The van der Waals surface area contributed by atoms with Gasteiger partial charge in [0, 0.05) is 6.54 Å². The zero-order valence-electron chi connectivity index (χ0n) is 16.0. The predicted molar refractivity (Wildman–Crippen MR) is 109 cm³/mol. The maximum atomic E-state index is 13.2. The van der Waals surface area contributed by atoms with E-state index in [9.17, 15) is 13.2 Å². The summed E-state index contributed by atoms with van der Waals surface area (Å²) < 4.78 is 27.5. The van der Waals surface area contributed by atoms with Crippen LogP contribution >= 0.6 is 0 Å². The van der Waals surface area contributed by atoms with Crippen LogP contribution in [0.5, 0.6) is 0 Å². The van der Waals surface area contributed by atoms with Crippen LogP contribution in [-0.4, -0.2) is 43.2 Å². The van der Waals surface area contributed by atoms with Gasteiger partial charge in [0.2, 0.25) is 0 Å². The molecule has 0 aliphatic carbocycles. The lowest BCUT2D eigenvalue weighted by molar-refractivity contribution is 0.0819. The van der Waals surface area contributed by atoms with E-state index in [0.29, 0.717) is 6.42 Å². The van der Waals surface area contributed by atoms with Crippen LogP contribution in [0.4, 0.5) is 0 Å². The third-order valence-electron chi connectivity index (χ3n) is 5.74. The third-order valence-corrected chi connectivity index (χ3v) is 7.59. The van der Waals surface area contributed by atoms with Crippen LogP contribution in [0.15, 0.2) is 59.5 Å². The highest BCUT2D eigenvalue weighted by molar-refractivity contribution is 7.90. The fourth-order valence-corrected chi connectivity index (χ4v) is 6.04. The molecule has 28 heavy (non-hydrogen) atoms. The molecule has 0 aromatic heterocycles. The zero-order valence-corrected chi connectivity index (χ0v) is 16.8. The molecule has 2 aliphatic heterocycles. The first-order chi connectivity index (χ1) is 13.6. The van der Waals surface area contributed by atoms with Crippen molar-refractivity contribution in [1.29, 1.82) is 0 Å². The van der Waals surface area contributed by atoms with E-state index >= 15 is 0 Å². The standard InChI is InChI=1S/C22H26N2O3S/c25-22-19-12-6-7-13-21(19)28(26,27)24(22)20(18-10-4-3-5-11-18)14-17-23-15-8-1-2-9-16-23/h3-7,10-13,20H,1-2,8-9,14-17H2. The monoisotopic (exact) mass is 398 g/mol. The Balaban J connectivity index is 1.65. The Bertz CT molecular complexity index is 935. The van der Waals surface area contributed by atoms with Gasteiger partial charge in [0.05, 0.1) is 11.6 Å². The number of fused-ring (bicyclic) bond motifs is 1. The van der Waals surface area contributed by atoms with Gasteiger partial charge >= 0.3 is 0 Å². The van der Waals surface area contributed by atoms with Crippen LogP contribution in [0.3, 0.4) is 0 Å². The van der Waals surface area contributed by atoms with Crippen molar-refractivity contribution in [1.82, 2.24) is 9.21 Å². The molecule has 0 spiro atoms. The first kappa shape index (κ1) is 19.2. The van der Waals surface area contributed by atoms with Gasteiger partial charge in [-0.1, -0.05) is 55.3 Å². The van der Waals surface area contributed by atoms with Gasteiger partial charge in [-0.3, -0.25) is 4.79 Å². The summed E-state index contributed by atoms with van der Waals surface area (Å²) in [5, 5.41) is 0. The number of rotatable bonds is 5. The molecule has 4 rings (SSSR count). The summed E-state index contributed by atoms with van der Waals surface area (Å²) in [4.78, 5) is 15.6. The molecule has 1 atom stereocenters. The van der Waals surface area contributed by atoms with Crippen LogP contribution in [0.1, 0.15) is 54.1 Å². The van der Waals surface area contributed by atoms with Gasteiger partial charge in [-0.2, -0.15) is 0 Å². The van der Waals surface area contributed by atoms with Crippen molar-refractivity contribution in [2.75, 3.05) is 19.6 Å². The highest BCUT2D eigenvalue weighted by Gasteiger charge is 2.45. The quantitative estimate of drug-likeness (QED) is 0.768. The van der Waals surface area contributed by atoms with Crippen molar-refractivity contribution in [3.05, 3.63) is 65.7 Å². The summed E-state index contributed by atoms with van der Waals surface area (Å²) in [6.07, 6.45) is 5.48. The Hall–Kier alpha value is -2.18. The molecule has 6 heteroatoms. The average Bonchev–Trinajstić information content (AvgIpc) is 2.90. The van der Waals surface area contributed by atoms with Gasteiger partial charge in [-0.25, -0.2) is 12.7 Å². The van der Waals surface area contributed by atoms with E-state index in [1.807, 2.05) is 30.3 Å². The number of carbonyl (C=O) groups is 1. The second-order valence-corrected chi connectivity index (χ2v) is 9.36. The number of hydrogen-bond donors (Lipinski definition) is 0. The molecule has 1 unspecified atom stereocenters. The van der Waals surface area contributed by atoms with Crippen LogP contribution in [0.2, 0.25) is 0 Å². The maximum Gasteiger partial charge on any atom is 0.269 e. The first-order valence-electron chi connectivity index (χ1n) is 10.0. The van der Waals surface area contributed by atoms with Crippen molar-refractivity contribution in [3.8, 4) is 0 Å². The fourth-order valence-electron chi connectivity index (χ4n) is 4.27. The molecular formula is C22H26N2O3S. The van der Waals surface area contributed by atoms with Crippen molar-refractivity contribution < 1.29 is 13.2 Å². The van der Waals surface area contributed by atoms with Gasteiger partial charge in [-0.05, 0) is 50.0 Å². The normalized spacial score (nSPS) is 20.6. The Morgan fingerprint density at radius 3 is 2.18 bits per heavy atom. The van der Waals surface area contributed by atoms with E-state index in [2.05, 4.69) is 4.90 Å². The Morgan fingerprint density at radius 2 is 1.50 bits per heavy atom. The van der Waals surface area contributed by atoms with Crippen molar-refractivity contribution in [3.63, 3.8) is 0 Å². The molecule has 0 N–H and O–H groups in total. The Labute approximate surface area is 167 Å². The number of likely N-dealkylation sites (tertiary alicyclic amines) is 1. The van der Waals surface area contributed by atoms with Crippen molar-refractivity contribution in [2.45, 2.75) is 43.0 Å². The van der Waals surface area contributed by atoms with Crippen LogP contribution in [-0.2, 0) is 10.0 Å². The van der Waals surface area contributed by atoms with E-state index in [-0.39, 0.29) is 10.5 Å². The van der Waals surface area contributed by atoms with E-state index in [4.69, 9.17) is 0 Å². The lowest BCUT2D eigenvalue weighted by Crippen LogP contribution is -2.37. The second-order valence-electron chi connectivity index (χ2n) is 7.57. The van der Waals surface area contributed by atoms with Gasteiger partial charge < -0.3 is 4.90 Å². The smallest absolute Gasteiger partial charge is 0.269 e. The van der Waals surface area contributed by atoms with E-state index in [1.165, 1.54) is 31.7 Å². The van der Waals surface area contributed by atoms with Crippen LogP contribution in [0, 0.1) is 0 Å². The Kier molecular flexibility index (Phi) is 5.51. The van der Waals surface area contributed by atoms with Gasteiger partial charge in [-0.15, -0.1) is 0 Å². The molecule has 0 bridgehead atoms. The summed E-state index contributed by atoms with van der Waals surface area (Å²) in [6, 6.07) is 15.6. The van der Waals surface area contributed by atoms with Gasteiger partial charge in [0.25, 0.3) is 15.9 Å². The average molecular weight is 399 g/mol. The number of benzene rings is 2. The molecule has 1 amide bonds. The topological polar surface area (TPSA) is 57.7 Å². The minimum Gasteiger partial charge on any atom is -0.303 e. The number of carbonyl (C=O) groups excluding carboxylic acids is 1. The second kappa shape index (κ2) is 8.05. The van der Waals surface area contributed by atoms with Crippen molar-refractivity contribution >= 4 is 15.9 Å². The molecule has 2 heterocycles. The highest BCUT2D eigenvalue weighted by Crippen LogP contribution is 2.38. The third kappa shape index (κ3) is 3.59. The highest BCUT2D eigenvalue weighted by atomic mass is 32.2. The number of amides is 1. The largest absolute Gasteiger partial charge is 0.303 e. The molecule has 1 saturated heterocycles. The molecule has 0 saturated carbocycles. The molecule has 148 valence electrons. The fraction of sp³-hybridized carbons (Fsp3) is 0.409. The molecule has 1 fully saturated rings. The molecular weight excluding hydrogens is 372 g/mol. The maximum absolute atomic E-state index is 13.2. The van der Waals surface area contributed by atoms with Gasteiger partial charge in [0.15, 0.2) is 0 Å². The first-order valence-corrected chi connectivity index (χ1v) is 11.5. The minimum atomic E-state index is -3.84. The Morgan fingerprint density at radius 1 is 0.857 bits per heavy atom. The predicted octanol–water partition coefficient (Wildman–Crippen LogP) is 3.84. The molecule has 2 aromatic carbocycles. The summed E-state index contributed by atoms with van der Waals surface area (Å²) in [7, 11) is -3.84. The molecule has 5 nitrogen and oxygen atoms in total. The summed E-state index contributed by atoms with van der Waals surface area (Å²) >= 11 is 0. The van der Waals surface area contributed by atoms with Crippen molar-refractivity contribution in [2.24, 2.45) is 0 Å². The zero-order chi connectivity index (χ0) is 19.6. The van der Waals surface area contributed by atoms with Crippen LogP contribution < -0.4 is 0 Å². The summed E-state index contributed by atoms with van der Waals surface area (Å²) in [5.41, 5.74) is 1.14. The van der Waals surface area contributed by atoms with Crippen LogP contribution in [0.25, 0.3) is 0 Å². The number of sulfonamides is 1. The number of nitrogens with zero attached hydrogens (tertiary/aromatic N) is 2. The lowest BCUT2D eigenvalue weighted by Gasteiger charge is -2.29.